The lowest BCUT2D eigenvalue weighted by atomic mass is 10.0. The molecular weight excluding hydrogens is 450 g/mol. The first kappa shape index (κ1) is 23.6. The normalized spacial score (nSPS) is 29.6. The van der Waals surface area contributed by atoms with Crippen molar-refractivity contribution in [2.75, 3.05) is 6.61 Å². The highest BCUT2D eigenvalue weighted by molar-refractivity contribution is 6.74. The van der Waals surface area contributed by atoms with Crippen molar-refractivity contribution >= 4 is 13.8 Å². The van der Waals surface area contributed by atoms with Crippen LogP contribution in [0.2, 0.25) is 18.1 Å². The highest BCUT2D eigenvalue weighted by Crippen LogP contribution is 2.49. The molecule has 8 nitrogen and oxygen atoms in total. The topological polar surface area (TPSA) is 87.3 Å². The predicted octanol–water partition coefficient (Wildman–Crippen LogP) is 4.09. The first-order valence-corrected chi connectivity index (χ1v) is 14.6. The summed E-state index contributed by atoms with van der Waals surface area (Å²) in [5.74, 6) is -1.76. The van der Waals surface area contributed by atoms with Gasteiger partial charge in [0.2, 0.25) is 5.79 Å². The molecule has 0 saturated carbocycles. The lowest BCUT2D eigenvalue weighted by Gasteiger charge is -2.37. The summed E-state index contributed by atoms with van der Waals surface area (Å²) in [6.07, 6.45) is -0.901. The maximum atomic E-state index is 12.0. The lowest BCUT2D eigenvalue weighted by molar-refractivity contribution is -0.269. The molecule has 9 heteroatoms. The number of aromatic nitrogens is 3. The molecule has 0 aliphatic carbocycles. The van der Waals surface area contributed by atoms with E-state index in [2.05, 4.69) is 43.9 Å². The summed E-state index contributed by atoms with van der Waals surface area (Å²) >= 11 is 0. The number of benzene rings is 1. The van der Waals surface area contributed by atoms with Crippen molar-refractivity contribution in [3.63, 3.8) is 0 Å². The Labute approximate surface area is 200 Å². The SMILES string of the molecule is Cc1ncnn2c(C3(O)O[C@H](CO[Si](C)(C)C(C)(C)C)[C@H]4OC(c5ccccc5)O[C@H]43)ccc12. The van der Waals surface area contributed by atoms with Crippen LogP contribution in [-0.4, -0.2) is 52.9 Å². The number of rotatable bonds is 5. The minimum atomic E-state index is -2.04. The fourth-order valence-electron chi connectivity index (χ4n) is 4.36. The number of fused-ring (bicyclic) bond motifs is 2. The number of ether oxygens (including phenoxy) is 3. The van der Waals surface area contributed by atoms with Gasteiger partial charge in [0.25, 0.3) is 0 Å². The first-order valence-electron chi connectivity index (χ1n) is 11.7. The predicted molar refractivity (Wildman–Crippen MR) is 129 cm³/mol. The molecule has 0 bridgehead atoms. The molecule has 1 N–H and O–H groups in total. The van der Waals surface area contributed by atoms with Gasteiger partial charge in [-0.15, -0.1) is 0 Å². The van der Waals surface area contributed by atoms with E-state index >= 15 is 0 Å². The molecule has 0 amide bonds. The van der Waals surface area contributed by atoms with Gasteiger partial charge in [-0.2, -0.15) is 5.10 Å². The van der Waals surface area contributed by atoms with E-state index in [0.717, 1.165) is 16.8 Å². The Morgan fingerprint density at radius 1 is 1.12 bits per heavy atom. The second-order valence-electron chi connectivity index (χ2n) is 10.7. The van der Waals surface area contributed by atoms with Gasteiger partial charge in [0.1, 0.15) is 30.3 Å². The lowest BCUT2D eigenvalue weighted by Crippen LogP contribution is -2.44. The third kappa shape index (κ3) is 3.80. The second kappa shape index (κ2) is 8.22. The molecule has 2 aliphatic heterocycles. The van der Waals surface area contributed by atoms with Crippen molar-refractivity contribution in [3.8, 4) is 0 Å². The number of hydrogen-bond acceptors (Lipinski definition) is 7. The summed E-state index contributed by atoms with van der Waals surface area (Å²) < 4.78 is 27.1. The highest BCUT2D eigenvalue weighted by Gasteiger charge is 2.63. The van der Waals surface area contributed by atoms with E-state index in [-0.39, 0.29) is 5.04 Å². The molecule has 1 aromatic carbocycles. The van der Waals surface area contributed by atoms with Crippen molar-refractivity contribution < 1.29 is 23.7 Å². The van der Waals surface area contributed by atoms with Gasteiger partial charge in [-0.1, -0.05) is 51.1 Å². The Kier molecular flexibility index (Phi) is 5.70. The zero-order chi connectivity index (χ0) is 24.3. The van der Waals surface area contributed by atoms with Crippen molar-refractivity contribution in [2.24, 2.45) is 0 Å². The maximum absolute atomic E-state index is 12.0. The number of nitrogens with zero attached hydrogens (tertiary/aromatic N) is 3. The fourth-order valence-corrected chi connectivity index (χ4v) is 5.37. The van der Waals surface area contributed by atoms with Crippen molar-refractivity contribution in [1.82, 2.24) is 14.6 Å². The van der Waals surface area contributed by atoms with Crippen LogP contribution in [0.25, 0.3) is 5.52 Å². The van der Waals surface area contributed by atoms with Gasteiger partial charge in [0, 0.05) is 5.56 Å². The molecule has 2 aliphatic rings. The first-order chi connectivity index (χ1) is 16.0. The van der Waals surface area contributed by atoms with Crippen molar-refractivity contribution in [2.45, 2.75) is 76.2 Å². The molecule has 0 radical (unpaired) electrons. The van der Waals surface area contributed by atoms with Crippen LogP contribution in [0, 0.1) is 6.92 Å². The zero-order valence-corrected chi connectivity index (χ0v) is 21.6. The minimum absolute atomic E-state index is 0.0487. The van der Waals surface area contributed by atoms with Gasteiger partial charge in [-0.3, -0.25) is 0 Å². The van der Waals surface area contributed by atoms with E-state index in [1.165, 1.54) is 6.33 Å². The van der Waals surface area contributed by atoms with Crippen LogP contribution in [-0.2, 0) is 24.4 Å². The van der Waals surface area contributed by atoms with Gasteiger partial charge in [0.15, 0.2) is 14.6 Å². The molecule has 182 valence electrons. The van der Waals surface area contributed by atoms with Gasteiger partial charge in [-0.25, -0.2) is 9.50 Å². The van der Waals surface area contributed by atoms with Crippen LogP contribution in [0.1, 0.15) is 44.0 Å². The molecule has 34 heavy (non-hydrogen) atoms. The van der Waals surface area contributed by atoms with Crippen LogP contribution in [0.4, 0.5) is 0 Å². The largest absolute Gasteiger partial charge is 0.414 e. The third-order valence-corrected chi connectivity index (χ3v) is 11.9. The quantitative estimate of drug-likeness (QED) is 0.547. The Balaban J connectivity index is 1.50. The minimum Gasteiger partial charge on any atom is -0.414 e. The van der Waals surface area contributed by atoms with Crippen molar-refractivity contribution in [1.29, 1.82) is 0 Å². The standard InChI is InChI=1S/C25H33N3O5Si/c1-16-18-12-13-20(28(18)27-15-26-16)25(29)22-21(31-23(32-22)17-10-8-7-9-11-17)19(33-25)14-30-34(5,6)24(2,3)4/h7-13,15,19,21-23,29H,14H2,1-6H3/t19-,21-,22-,23?,25?/m1/s1. The van der Waals surface area contributed by atoms with Crippen LogP contribution in [0.3, 0.4) is 0 Å². The van der Waals surface area contributed by atoms with Crippen LogP contribution in [0.5, 0.6) is 0 Å². The van der Waals surface area contributed by atoms with Gasteiger partial charge in [0.05, 0.1) is 17.8 Å². The summed E-state index contributed by atoms with van der Waals surface area (Å²) in [7, 11) is -2.04. The summed E-state index contributed by atoms with van der Waals surface area (Å²) in [4.78, 5) is 4.26. The van der Waals surface area contributed by atoms with Gasteiger partial charge < -0.3 is 23.7 Å². The van der Waals surface area contributed by atoms with Crippen LogP contribution in [0.15, 0.2) is 48.8 Å². The third-order valence-electron chi connectivity index (χ3n) is 7.43. The Morgan fingerprint density at radius 2 is 1.85 bits per heavy atom. The maximum Gasteiger partial charge on any atom is 0.240 e. The summed E-state index contributed by atoms with van der Waals surface area (Å²) in [5, 5.41) is 16.4. The fraction of sp³-hybridized carbons (Fsp3) is 0.520. The zero-order valence-electron chi connectivity index (χ0n) is 20.6. The van der Waals surface area contributed by atoms with Crippen molar-refractivity contribution in [3.05, 3.63) is 65.7 Å². The van der Waals surface area contributed by atoms with E-state index in [9.17, 15) is 5.11 Å². The average molecular weight is 484 g/mol. The molecule has 4 heterocycles. The van der Waals surface area contributed by atoms with Gasteiger partial charge >= 0.3 is 0 Å². The Morgan fingerprint density at radius 3 is 2.56 bits per heavy atom. The molecule has 2 fully saturated rings. The summed E-state index contributed by atoms with van der Waals surface area (Å²) in [5.41, 5.74) is 2.98. The van der Waals surface area contributed by atoms with E-state index in [0.29, 0.717) is 12.3 Å². The highest BCUT2D eigenvalue weighted by atomic mass is 28.4. The number of aliphatic hydroxyl groups is 1. The van der Waals surface area contributed by atoms with E-state index < -0.39 is 38.7 Å². The molecule has 5 atom stereocenters. The molecular formula is C25H33N3O5Si. The molecule has 2 unspecified atom stereocenters. The molecule has 2 aromatic heterocycles. The molecule has 3 aromatic rings. The average Bonchev–Trinajstić information content (AvgIpc) is 3.48. The van der Waals surface area contributed by atoms with E-state index in [4.69, 9.17) is 18.6 Å². The van der Waals surface area contributed by atoms with Crippen LogP contribution >= 0.6 is 0 Å². The number of hydrogen-bond donors (Lipinski definition) is 1. The smallest absolute Gasteiger partial charge is 0.240 e. The summed E-state index contributed by atoms with van der Waals surface area (Å²) in [6.45, 7) is 13.2. The van der Waals surface area contributed by atoms with E-state index in [1.54, 1.807) is 4.52 Å². The Bertz CT molecular complexity index is 1180. The molecule has 2 saturated heterocycles. The van der Waals surface area contributed by atoms with E-state index in [1.807, 2.05) is 49.4 Å². The van der Waals surface area contributed by atoms with Crippen LogP contribution < -0.4 is 0 Å². The number of aryl methyl sites for hydroxylation is 1. The monoisotopic (exact) mass is 483 g/mol. The Hall–Kier alpha value is -2.14. The summed E-state index contributed by atoms with van der Waals surface area (Å²) in [6, 6.07) is 13.4. The molecule has 0 spiro atoms. The second-order valence-corrected chi connectivity index (χ2v) is 15.5. The molecule has 5 rings (SSSR count). The van der Waals surface area contributed by atoms with Gasteiger partial charge in [-0.05, 0) is 37.2 Å².